The van der Waals surface area contributed by atoms with Gasteiger partial charge in [0, 0.05) is 14.2 Å². The van der Waals surface area contributed by atoms with Gasteiger partial charge in [-0.15, -0.1) is 0 Å². The second-order valence-electron chi connectivity index (χ2n) is 3.72. The molecule has 0 saturated carbocycles. The molecule has 1 aromatic heterocycles. The SMILES string of the molecule is COCCOc1c(N)c(C(C)C)nn1C. The van der Waals surface area contributed by atoms with E-state index in [1.165, 1.54) is 0 Å². The maximum atomic E-state index is 5.94. The summed E-state index contributed by atoms with van der Waals surface area (Å²) in [6.07, 6.45) is 0. The van der Waals surface area contributed by atoms with Gasteiger partial charge in [0.15, 0.2) is 0 Å². The van der Waals surface area contributed by atoms with Crippen molar-refractivity contribution >= 4 is 5.69 Å². The van der Waals surface area contributed by atoms with Crippen molar-refractivity contribution in [3.8, 4) is 5.88 Å². The Morgan fingerprint density at radius 1 is 1.40 bits per heavy atom. The first-order valence-corrected chi connectivity index (χ1v) is 5.02. The molecule has 0 saturated heterocycles. The molecule has 0 atom stereocenters. The third-order valence-corrected chi connectivity index (χ3v) is 2.13. The van der Waals surface area contributed by atoms with Gasteiger partial charge in [0.2, 0.25) is 5.88 Å². The predicted octanol–water partition coefficient (Wildman–Crippen LogP) is 1.15. The van der Waals surface area contributed by atoms with Crippen LogP contribution in [0.25, 0.3) is 0 Å². The van der Waals surface area contributed by atoms with Gasteiger partial charge in [-0.3, -0.25) is 0 Å². The zero-order valence-corrected chi connectivity index (χ0v) is 9.78. The molecule has 1 heterocycles. The molecule has 0 spiro atoms. The van der Waals surface area contributed by atoms with Crippen LogP contribution in [-0.4, -0.2) is 30.1 Å². The summed E-state index contributed by atoms with van der Waals surface area (Å²) >= 11 is 0. The molecule has 2 N–H and O–H groups in total. The van der Waals surface area contributed by atoms with E-state index in [0.29, 0.717) is 30.7 Å². The fraction of sp³-hybridized carbons (Fsp3) is 0.700. The molecular formula is C10H19N3O2. The lowest BCUT2D eigenvalue weighted by Crippen LogP contribution is -2.08. The van der Waals surface area contributed by atoms with Crippen molar-refractivity contribution in [2.24, 2.45) is 7.05 Å². The van der Waals surface area contributed by atoms with E-state index in [1.807, 2.05) is 7.05 Å². The Labute approximate surface area is 90.2 Å². The predicted molar refractivity (Wildman–Crippen MR) is 59.1 cm³/mol. The Bertz CT molecular complexity index is 321. The molecule has 15 heavy (non-hydrogen) atoms. The van der Waals surface area contributed by atoms with Crippen molar-refractivity contribution < 1.29 is 9.47 Å². The third kappa shape index (κ3) is 2.62. The number of rotatable bonds is 5. The fourth-order valence-corrected chi connectivity index (χ4v) is 1.36. The topological polar surface area (TPSA) is 62.3 Å². The van der Waals surface area contributed by atoms with Crippen LogP contribution in [0.2, 0.25) is 0 Å². The summed E-state index contributed by atoms with van der Waals surface area (Å²) in [6.45, 7) is 5.13. The second kappa shape index (κ2) is 5.02. The lowest BCUT2D eigenvalue weighted by Gasteiger charge is -2.06. The summed E-state index contributed by atoms with van der Waals surface area (Å²) in [5.74, 6) is 0.923. The number of hydrogen-bond donors (Lipinski definition) is 1. The first kappa shape index (κ1) is 11.8. The lowest BCUT2D eigenvalue weighted by molar-refractivity contribution is 0.141. The van der Waals surface area contributed by atoms with E-state index in [9.17, 15) is 0 Å². The number of nitrogens with two attached hydrogens (primary N) is 1. The number of nitrogen functional groups attached to an aromatic ring is 1. The van der Waals surface area contributed by atoms with Gasteiger partial charge in [-0.2, -0.15) is 5.10 Å². The Morgan fingerprint density at radius 2 is 2.07 bits per heavy atom. The summed E-state index contributed by atoms with van der Waals surface area (Å²) in [6, 6.07) is 0. The van der Waals surface area contributed by atoms with Crippen molar-refractivity contribution in [1.29, 1.82) is 0 Å². The van der Waals surface area contributed by atoms with Crippen LogP contribution in [0.5, 0.6) is 5.88 Å². The van der Waals surface area contributed by atoms with E-state index in [-0.39, 0.29) is 0 Å². The summed E-state index contributed by atoms with van der Waals surface area (Å²) in [5.41, 5.74) is 7.45. The van der Waals surface area contributed by atoms with Crippen LogP contribution in [0.3, 0.4) is 0 Å². The van der Waals surface area contributed by atoms with Gasteiger partial charge in [0.05, 0.1) is 12.3 Å². The molecule has 86 valence electrons. The Balaban J connectivity index is 2.79. The van der Waals surface area contributed by atoms with Crippen LogP contribution >= 0.6 is 0 Å². The summed E-state index contributed by atoms with van der Waals surface area (Å²) in [4.78, 5) is 0. The molecule has 0 aliphatic rings. The van der Waals surface area contributed by atoms with Gasteiger partial charge in [-0.05, 0) is 5.92 Å². The molecular weight excluding hydrogens is 194 g/mol. The number of aromatic nitrogens is 2. The normalized spacial score (nSPS) is 11.0. The molecule has 0 aliphatic carbocycles. The summed E-state index contributed by atoms with van der Waals surface area (Å²) < 4.78 is 12.1. The molecule has 5 nitrogen and oxygen atoms in total. The van der Waals surface area contributed by atoms with E-state index < -0.39 is 0 Å². The van der Waals surface area contributed by atoms with Gasteiger partial charge in [0.1, 0.15) is 12.3 Å². The molecule has 0 amide bonds. The van der Waals surface area contributed by atoms with E-state index in [1.54, 1.807) is 11.8 Å². The molecule has 0 fully saturated rings. The van der Waals surface area contributed by atoms with Gasteiger partial charge < -0.3 is 15.2 Å². The minimum absolute atomic E-state index is 0.302. The maximum Gasteiger partial charge on any atom is 0.235 e. The minimum Gasteiger partial charge on any atom is -0.474 e. The van der Waals surface area contributed by atoms with Crippen LogP contribution in [0.15, 0.2) is 0 Å². The van der Waals surface area contributed by atoms with Crippen LogP contribution in [0, 0.1) is 0 Å². The van der Waals surface area contributed by atoms with Gasteiger partial charge >= 0.3 is 0 Å². The summed E-state index contributed by atoms with van der Waals surface area (Å²) in [5, 5.41) is 4.31. The molecule has 0 aliphatic heterocycles. The smallest absolute Gasteiger partial charge is 0.235 e. The van der Waals surface area contributed by atoms with E-state index in [2.05, 4.69) is 18.9 Å². The number of ether oxygens (including phenoxy) is 2. The van der Waals surface area contributed by atoms with Crippen molar-refractivity contribution in [1.82, 2.24) is 9.78 Å². The van der Waals surface area contributed by atoms with Crippen molar-refractivity contribution in [3.05, 3.63) is 5.69 Å². The second-order valence-corrected chi connectivity index (χ2v) is 3.72. The number of nitrogens with zero attached hydrogens (tertiary/aromatic N) is 2. The number of anilines is 1. The molecule has 5 heteroatoms. The van der Waals surface area contributed by atoms with Gasteiger partial charge in [-0.25, -0.2) is 4.68 Å². The van der Waals surface area contributed by atoms with Crippen molar-refractivity contribution in [3.63, 3.8) is 0 Å². The standard InChI is InChI=1S/C10H19N3O2/c1-7(2)9-8(11)10(13(3)12-9)15-6-5-14-4/h7H,5-6,11H2,1-4H3. The monoisotopic (exact) mass is 213 g/mol. The molecule has 0 radical (unpaired) electrons. The molecule has 0 bridgehead atoms. The van der Waals surface area contributed by atoms with Crippen molar-refractivity contribution in [2.75, 3.05) is 26.1 Å². The zero-order valence-electron chi connectivity index (χ0n) is 9.78. The quantitative estimate of drug-likeness (QED) is 0.745. The van der Waals surface area contributed by atoms with Gasteiger partial charge in [-0.1, -0.05) is 13.8 Å². The van der Waals surface area contributed by atoms with Crippen LogP contribution in [0.1, 0.15) is 25.5 Å². The third-order valence-electron chi connectivity index (χ3n) is 2.13. The zero-order chi connectivity index (χ0) is 11.4. The first-order chi connectivity index (χ1) is 7.07. The van der Waals surface area contributed by atoms with Crippen LogP contribution in [-0.2, 0) is 11.8 Å². The fourth-order valence-electron chi connectivity index (χ4n) is 1.36. The Morgan fingerprint density at radius 3 is 2.53 bits per heavy atom. The highest BCUT2D eigenvalue weighted by Gasteiger charge is 2.16. The molecule has 0 aromatic carbocycles. The average Bonchev–Trinajstić information content (AvgIpc) is 2.45. The molecule has 1 aromatic rings. The van der Waals surface area contributed by atoms with E-state index in [0.717, 1.165) is 5.69 Å². The molecule has 0 unspecified atom stereocenters. The maximum absolute atomic E-state index is 5.94. The Kier molecular flexibility index (Phi) is 3.96. The van der Waals surface area contributed by atoms with Crippen LogP contribution < -0.4 is 10.5 Å². The van der Waals surface area contributed by atoms with E-state index >= 15 is 0 Å². The van der Waals surface area contributed by atoms with Crippen molar-refractivity contribution in [2.45, 2.75) is 19.8 Å². The number of methoxy groups -OCH3 is 1. The summed E-state index contributed by atoms with van der Waals surface area (Å²) in [7, 11) is 3.46. The largest absolute Gasteiger partial charge is 0.474 e. The molecule has 1 rings (SSSR count). The Hall–Kier alpha value is -1.23. The van der Waals surface area contributed by atoms with E-state index in [4.69, 9.17) is 15.2 Å². The highest BCUT2D eigenvalue weighted by Crippen LogP contribution is 2.29. The lowest BCUT2D eigenvalue weighted by atomic mass is 10.1. The minimum atomic E-state index is 0.302. The van der Waals surface area contributed by atoms with Gasteiger partial charge in [0.25, 0.3) is 0 Å². The average molecular weight is 213 g/mol. The number of hydrogen-bond acceptors (Lipinski definition) is 4. The highest BCUT2D eigenvalue weighted by molar-refractivity contribution is 5.54. The highest BCUT2D eigenvalue weighted by atomic mass is 16.5. The first-order valence-electron chi connectivity index (χ1n) is 5.02. The van der Waals surface area contributed by atoms with Crippen LogP contribution in [0.4, 0.5) is 5.69 Å². The number of aryl methyl sites for hydroxylation is 1.